The Morgan fingerprint density at radius 3 is 2.31 bits per heavy atom. The van der Waals surface area contributed by atoms with Crippen molar-refractivity contribution >= 4 is 21.8 Å². The molecule has 0 aromatic heterocycles. The van der Waals surface area contributed by atoms with E-state index < -0.39 is 10.0 Å². The topological polar surface area (TPSA) is 64.6 Å². The van der Waals surface area contributed by atoms with Crippen LogP contribution in [0, 0.1) is 13.8 Å². The second-order valence-electron chi connectivity index (χ2n) is 7.35. The maximum atomic E-state index is 13.1. The number of hydrogen-bond donors (Lipinski definition) is 1. The van der Waals surface area contributed by atoms with Gasteiger partial charge in [0.15, 0.2) is 0 Å². The van der Waals surface area contributed by atoms with Crippen molar-refractivity contribution in [2.45, 2.75) is 48.2 Å². The fourth-order valence-electron chi connectivity index (χ4n) is 3.54. The zero-order valence-corrected chi connectivity index (χ0v) is 18.9. The minimum absolute atomic E-state index is 0.220. The van der Waals surface area contributed by atoms with Gasteiger partial charge in [0.1, 0.15) is 5.75 Å². The molecule has 0 aliphatic carbocycles. The van der Waals surface area contributed by atoms with Crippen LogP contribution < -0.4 is 9.46 Å². The number of sulfonamides is 1. The van der Waals surface area contributed by atoms with Crippen LogP contribution in [0.15, 0.2) is 52.3 Å². The quantitative estimate of drug-likeness (QED) is 0.669. The lowest BCUT2D eigenvalue weighted by Crippen LogP contribution is -2.44. The molecular weight excluding hydrogens is 406 g/mol. The van der Waals surface area contributed by atoms with Crippen LogP contribution in [0.1, 0.15) is 30.9 Å². The highest BCUT2D eigenvalue weighted by Crippen LogP contribution is 2.40. The number of hydrogen-bond acceptors (Lipinski definition) is 5. The number of ether oxygens (including phenoxy) is 2. The predicted molar refractivity (Wildman–Crippen MR) is 117 cm³/mol. The van der Waals surface area contributed by atoms with Crippen LogP contribution in [0.3, 0.4) is 0 Å². The van der Waals surface area contributed by atoms with Gasteiger partial charge >= 0.3 is 0 Å². The number of rotatable bonds is 8. The molecule has 3 rings (SSSR count). The maximum absolute atomic E-state index is 13.1. The molecule has 1 N–H and O–H groups in total. The van der Waals surface area contributed by atoms with Gasteiger partial charge in [-0.2, -0.15) is 0 Å². The van der Waals surface area contributed by atoms with Crippen LogP contribution in [0.4, 0.5) is 0 Å². The summed E-state index contributed by atoms with van der Waals surface area (Å²) in [7, 11) is -3.63. The third kappa shape index (κ3) is 5.54. The van der Waals surface area contributed by atoms with Gasteiger partial charge in [-0.3, -0.25) is 0 Å². The monoisotopic (exact) mass is 435 g/mol. The van der Waals surface area contributed by atoms with Gasteiger partial charge in [-0.1, -0.05) is 18.2 Å². The Morgan fingerprint density at radius 2 is 1.72 bits per heavy atom. The van der Waals surface area contributed by atoms with Crippen molar-refractivity contribution in [2.75, 3.05) is 26.4 Å². The molecule has 1 aliphatic rings. The van der Waals surface area contributed by atoms with Gasteiger partial charge in [0.05, 0.1) is 11.5 Å². The number of thioether (sulfide) groups is 1. The van der Waals surface area contributed by atoms with Gasteiger partial charge in [-0.25, -0.2) is 13.1 Å². The Kier molecular flexibility index (Phi) is 7.27. The van der Waals surface area contributed by atoms with Crippen molar-refractivity contribution in [2.24, 2.45) is 0 Å². The average Bonchev–Trinajstić information content (AvgIpc) is 2.71. The molecule has 1 heterocycles. The van der Waals surface area contributed by atoms with E-state index in [1.165, 1.54) is 0 Å². The van der Waals surface area contributed by atoms with E-state index in [0.29, 0.717) is 26.4 Å². The first-order chi connectivity index (χ1) is 13.9. The van der Waals surface area contributed by atoms with E-state index in [9.17, 15) is 8.42 Å². The van der Waals surface area contributed by atoms with Crippen LogP contribution in [0.2, 0.25) is 0 Å². The van der Waals surface area contributed by atoms with Crippen LogP contribution in [-0.2, 0) is 14.8 Å². The lowest BCUT2D eigenvalue weighted by Gasteiger charge is -2.36. The highest BCUT2D eigenvalue weighted by atomic mass is 32.2. The molecule has 158 valence electrons. The summed E-state index contributed by atoms with van der Waals surface area (Å²) in [6.45, 7) is 7.87. The molecule has 29 heavy (non-hydrogen) atoms. The molecule has 0 spiro atoms. The van der Waals surface area contributed by atoms with E-state index in [1.54, 1.807) is 23.9 Å². The van der Waals surface area contributed by atoms with Crippen molar-refractivity contribution in [3.63, 3.8) is 0 Å². The summed E-state index contributed by atoms with van der Waals surface area (Å²) in [5.74, 6) is 0.756. The van der Waals surface area contributed by atoms with Crippen molar-refractivity contribution in [3.8, 4) is 5.75 Å². The Labute approximate surface area is 178 Å². The predicted octanol–water partition coefficient (Wildman–Crippen LogP) is 4.32. The molecule has 0 radical (unpaired) electrons. The van der Waals surface area contributed by atoms with Gasteiger partial charge in [0.2, 0.25) is 10.0 Å². The zero-order valence-electron chi connectivity index (χ0n) is 17.2. The van der Waals surface area contributed by atoms with E-state index in [-0.39, 0.29) is 9.64 Å². The zero-order chi connectivity index (χ0) is 20.9. The van der Waals surface area contributed by atoms with Gasteiger partial charge < -0.3 is 9.47 Å². The fourth-order valence-corrected chi connectivity index (χ4v) is 6.24. The summed E-state index contributed by atoms with van der Waals surface area (Å²) in [5, 5.41) is 0. The molecule has 2 aromatic carbocycles. The molecule has 0 amide bonds. The minimum atomic E-state index is -3.63. The van der Waals surface area contributed by atoms with E-state index in [1.807, 2.05) is 39.0 Å². The molecule has 7 heteroatoms. The van der Waals surface area contributed by atoms with Crippen LogP contribution in [0.5, 0.6) is 5.75 Å². The molecule has 1 fully saturated rings. The molecule has 0 unspecified atom stereocenters. The van der Waals surface area contributed by atoms with Gasteiger partial charge in [0.25, 0.3) is 0 Å². The minimum Gasteiger partial charge on any atom is -0.493 e. The standard InChI is InChI=1S/C22H29NO4S2/c1-4-27-21-17(2)14-20(15-18(21)3)29(24,25)23-16-22(10-12-26-13-11-22)28-19-8-6-5-7-9-19/h5-9,14-15,23H,4,10-13,16H2,1-3H3. The second-order valence-corrected chi connectivity index (χ2v) is 10.7. The summed E-state index contributed by atoms with van der Waals surface area (Å²) in [6, 6.07) is 13.5. The Bertz CT molecular complexity index is 900. The summed E-state index contributed by atoms with van der Waals surface area (Å²) >= 11 is 1.74. The highest BCUT2D eigenvalue weighted by molar-refractivity contribution is 8.00. The van der Waals surface area contributed by atoms with Crippen molar-refractivity contribution in [1.82, 2.24) is 4.72 Å². The van der Waals surface area contributed by atoms with Crippen molar-refractivity contribution in [1.29, 1.82) is 0 Å². The highest BCUT2D eigenvalue weighted by Gasteiger charge is 2.35. The van der Waals surface area contributed by atoms with E-state index in [2.05, 4.69) is 16.9 Å². The molecular formula is C22H29NO4S2. The van der Waals surface area contributed by atoms with E-state index in [4.69, 9.17) is 9.47 Å². The lowest BCUT2D eigenvalue weighted by atomic mass is 9.99. The first-order valence-electron chi connectivity index (χ1n) is 9.91. The largest absolute Gasteiger partial charge is 0.493 e. The first kappa shape index (κ1) is 22.2. The van der Waals surface area contributed by atoms with Crippen LogP contribution >= 0.6 is 11.8 Å². The molecule has 0 bridgehead atoms. The Balaban J connectivity index is 1.79. The SMILES string of the molecule is CCOc1c(C)cc(S(=O)(=O)NCC2(Sc3ccccc3)CCOCC2)cc1C. The first-order valence-corrected chi connectivity index (χ1v) is 12.2. The Hall–Kier alpha value is -1.54. The molecule has 0 atom stereocenters. The van der Waals surface area contributed by atoms with Crippen LogP contribution in [0.25, 0.3) is 0 Å². The molecule has 0 saturated carbocycles. The third-order valence-electron chi connectivity index (χ3n) is 5.10. The molecule has 2 aromatic rings. The lowest BCUT2D eigenvalue weighted by molar-refractivity contribution is 0.0784. The molecule has 5 nitrogen and oxygen atoms in total. The molecule has 1 saturated heterocycles. The number of nitrogens with one attached hydrogen (secondary N) is 1. The number of benzene rings is 2. The van der Waals surface area contributed by atoms with Crippen molar-refractivity contribution < 1.29 is 17.9 Å². The summed E-state index contributed by atoms with van der Waals surface area (Å²) in [6.07, 6.45) is 1.60. The number of aryl methyl sites for hydroxylation is 2. The van der Waals surface area contributed by atoms with E-state index >= 15 is 0 Å². The van der Waals surface area contributed by atoms with Gasteiger partial charge in [-0.15, -0.1) is 11.8 Å². The third-order valence-corrected chi connectivity index (χ3v) is 7.97. The normalized spacial score (nSPS) is 16.5. The van der Waals surface area contributed by atoms with Gasteiger partial charge in [-0.05, 0) is 69.0 Å². The van der Waals surface area contributed by atoms with E-state index in [0.717, 1.165) is 34.6 Å². The summed E-state index contributed by atoms with van der Waals surface area (Å²) in [5.41, 5.74) is 1.65. The summed E-state index contributed by atoms with van der Waals surface area (Å²) < 4.78 is 39.9. The Morgan fingerprint density at radius 1 is 1.10 bits per heavy atom. The summed E-state index contributed by atoms with van der Waals surface area (Å²) in [4.78, 5) is 1.42. The van der Waals surface area contributed by atoms with Gasteiger partial charge in [0, 0.05) is 29.4 Å². The van der Waals surface area contributed by atoms with Crippen molar-refractivity contribution in [3.05, 3.63) is 53.6 Å². The molecule has 1 aliphatic heterocycles. The van der Waals surface area contributed by atoms with Crippen LogP contribution in [-0.4, -0.2) is 39.5 Å². The second kappa shape index (κ2) is 9.51. The average molecular weight is 436 g/mol. The maximum Gasteiger partial charge on any atom is 0.240 e. The fraction of sp³-hybridized carbons (Fsp3) is 0.455. The smallest absolute Gasteiger partial charge is 0.240 e.